The van der Waals surface area contributed by atoms with Crippen molar-refractivity contribution < 1.29 is 4.74 Å². The van der Waals surface area contributed by atoms with Gasteiger partial charge < -0.3 is 10.1 Å². The molecule has 1 aliphatic heterocycles. The molecule has 1 saturated carbocycles. The van der Waals surface area contributed by atoms with E-state index in [0.29, 0.717) is 0 Å². The third-order valence-electron chi connectivity index (χ3n) is 4.90. The summed E-state index contributed by atoms with van der Waals surface area (Å²) in [5.41, 5.74) is 0. The summed E-state index contributed by atoms with van der Waals surface area (Å²) in [5, 5.41) is 3.84. The molecule has 1 saturated heterocycles. The van der Waals surface area contributed by atoms with Crippen LogP contribution in [0.2, 0.25) is 0 Å². The van der Waals surface area contributed by atoms with Crippen LogP contribution in [0, 0.1) is 17.8 Å². The second-order valence-electron chi connectivity index (χ2n) is 6.48. The highest BCUT2D eigenvalue weighted by molar-refractivity contribution is 4.87. The molecule has 0 aromatic heterocycles. The fourth-order valence-corrected chi connectivity index (χ4v) is 3.72. The highest BCUT2D eigenvalue weighted by Crippen LogP contribution is 2.34. The standard InChI is InChI=1S/C16H31NO/c1-3-10-17-16(15-5-4-11-18-12-15)14-8-6-13(2)7-9-14/h13-17H,3-12H2,1-2H3. The van der Waals surface area contributed by atoms with Gasteiger partial charge in [-0.2, -0.15) is 0 Å². The number of rotatable bonds is 5. The molecule has 2 unspecified atom stereocenters. The largest absolute Gasteiger partial charge is 0.381 e. The predicted molar refractivity (Wildman–Crippen MR) is 76.7 cm³/mol. The molecule has 1 N–H and O–H groups in total. The Morgan fingerprint density at radius 2 is 1.89 bits per heavy atom. The number of ether oxygens (including phenoxy) is 1. The lowest BCUT2D eigenvalue weighted by Gasteiger charge is -2.39. The molecule has 2 fully saturated rings. The summed E-state index contributed by atoms with van der Waals surface area (Å²) in [4.78, 5) is 0. The minimum absolute atomic E-state index is 0.720. The Morgan fingerprint density at radius 3 is 2.50 bits per heavy atom. The molecule has 1 aliphatic carbocycles. The third-order valence-corrected chi connectivity index (χ3v) is 4.90. The first-order valence-corrected chi connectivity index (χ1v) is 8.12. The Bertz CT molecular complexity index is 217. The van der Waals surface area contributed by atoms with Crippen LogP contribution < -0.4 is 5.32 Å². The second kappa shape index (κ2) is 7.49. The molecular formula is C16H31NO. The van der Waals surface area contributed by atoms with Crippen LogP contribution in [-0.2, 0) is 4.74 Å². The Hall–Kier alpha value is -0.0800. The van der Waals surface area contributed by atoms with Gasteiger partial charge in [-0.3, -0.25) is 0 Å². The quantitative estimate of drug-likeness (QED) is 0.808. The summed E-state index contributed by atoms with van der Waals surface area (Å²) in [7, 11) is 0. The molecule has 0 aromatic carbocycles. The Morgan fingerprint density at radius 1 is 1.11 bits per heavy atom. The van der Waals surface area contributed by atoms with Gasteiger partial charge in [0, 0.05) is 12.6 Å². The maximum Gasteiger partial charge on any atom is 0.0509 e. The van der Waals surface area contributed by atoms with Gasteiger partial charge in [-0.1, -0.05) is 26.7 Å². The SMILES string of the molecule is CCCNC(C1CCC(C)CC1)C1CCCOC1. The lowest BCUT2D eigenvalue weighted by Crippen LogP contribution is -2.46. The molecule has 0 aromatic rings. The van der Waals surface area contributed by atoms with E-state index in [1.54, 1.807) is 0 Å². The Kier molecular flexibility index (Phi) is 5.97. The van der Waals surface area contributed by atoms with E-state index in [4.69, 9.17) is 4.74 Å². The molecule has 2 rings (SSSR count). The molecule has 0 bridgehead atoms. The highest BCUT2D eigenvalue weighted by Gasteiger charge is 2.32. The molecule has 2 nitrogen and oxygen atoms in total. The van der Waals surface area contributed by atoms with E-state index in [-0.39, 0.29) is 0 Å². The fourth-order valence-electron chi connectivity index (χ4n) is 3.72. The summed E-state index contributed by atoms with van der Waals surface area (Å²) in [5.74, 6) is 2.62. The van der Waals surface area contributed by atoms with Gasteiger partial charge in [-0.05, 0) is 56.4 Å². The fraction of sp³-hybridized carbons (Fsp3) is 1.00. The van der Waals surface area contributed by atoms with Gasteiger partial charge >= 0.3 is 0 Å². The summed E-state index contributed by atoms with van der Waals surface area (Å²) >= 11 is 0. The Balaban J connectivity index is 1.90. The second-order valence-corrected chi connectivity index (χ2v) is 6.48. The van der Waals surface area contributed by atoms with E-state index in [9.17, 15) is 0 Å². The van der Waals surface area contributed by atoms with Crippen molar-refractivity contribution in [2.45, 2.75) is 64.8 Å². The maximum absolute atomic E-state index is 5.71. The van der Waals surface area contributed by atoms with E-state index in [1.807, 2.05) is 0 Å². The first-order valence-electron chi connectivity index (χ1n) is 8.12. The molecule has 18 heavy (non-hydrogen) atoms. The van der Waals surface area contributed by atoms with Crippen molar-refractivity contribution in [1.29, 1.82) is 0 Å². The molecule has 0 spiro atoms. The zero-order chi connectivity index (χ0) is 12.8. The van der Waals surface area contributed by atoms with Crippen LogP contribution in [0.1, 0.15) is 58.8 Å². The van der Waals surface area contributed by atoms with E-state index in [0.717, 1.165) is 37.0 Å². The molecule has 1 heterocycles. The topological polar surface area (TPSA) is 21.3 Å². The zero-order valence-electron chi connectivity index (χ0n) is 12.3. The molecule has 0 radical (unpaired) electrons. The van der Waals surface area contributed by atoms with E-state index < -0.39 is 0 Å². The van der Waals surface area contributed by atoms with Gasteiger partial charge in [-0.25, -0.2) is 0 Å². The van der Waals surface area contributed by atoms with Gasteiger partial charge in [0.1, 0.15) is 0 Å². The van der Waals surface area contributed by atoms with Crippen molar-refractivity contribution >= 4 is 0 Å². The van der Waals surface area contributed by atoms with Crippen LogP contribution in [0.4, 0.5) is 0 Å². The van der Waals surface area contributed by atoms with Crippen molar-refractivity contribution in [1.82, 2.24) is 5.32 Å². The molecular weight excluding hydrogens is 222 g/mol. The van der Waals surface area contributed by atoms with Gasteiger partial charge in [0.05, 0.1) is 6.61 Å². The van der Waals surface area contributed by atoms with Crippen LogP contribution in [0.25, 0.3) is 0 Å². The van der Waals surface area contributed by atoms with Gasteiger partial charge in [-0.15, -0.1) is 0 Å². The average Bonchev–Trinajstić information content (AvgIpc) is 2.42. The first kappa shape index (κ1) is 14.3. The van der Waals surface area contributed by atoms with Crippen LogP contribution >= 0.6 is 0 Å². The molecule has 2 aliphatic rings. The lowest BCUT2D eigenvalue weighted by molar-refractivity contribution is 0.0229. The molecule has 2 atom stereocenters. The number of hydrogen-bond acceptors (Lipinski definition) is 2. The van der Waals surface area contributed by atoms with Crippen molar-refractivity contribution in [2.75, 3.05) is 19.8 Å². The third kappa shape index (κ3) is 3.96. The summed E-state index contributed by atoms with van der Waals surface area (Å²) < 4.78 is 5.71. The van der Waals surface area contributed by atoms with Gasteiger partial charge in [0.15, 0.2) is 0 Å². The normalized spacial score (nSPS) is 35.3. The summed E-state index contributed by atoms with van der Waals surface area (Å²) in [6, 6.07) is 0.720. The summed E-state index contributed by atoms with van der Waals surface area (Å²) in [6.07, 6.45) is 9.60. The highest BCUT2D eigenvalue weighted by atomic mass is 16.5. The maximum atomic E-state index is 5.71. The number of hydrogen-bond donors (Lipinski definition) is 1. The minimum Gasteiger partial charge on any atom is -0.381 e. The van der Waals surface area contributed by atoms with Crippen molar-refractivity contribution in [3.63, 3.8) is 0 Å². The van der Waals surface area contributed by atoms with Gasteiger partial charge in [0.25, 0.3) is 0 Å². The molecule has 2 heteroatoms. The number of nitrogens with one attached hydrogen (secondary N) is 1. The smallest absolute Gasteiger partial charge is 0.0509 e. The lowest BCUT2D eigenvalue weighted by atomic mass is 9.74. The van der Waals surface area contributed by atoms with E-state index in [2.05, 4.69) is 19.2 Å². The average molecular weight is 253 g/mol. The van der Waals surface area contributed by atoms with Crippen molar-refractivity contribution in [3.8, 4) is 0 Å². The summed E-state index contributed by atoms with van der Waals surface area (Å²) in [6.45, 7) is 7.83. The molecule has 0 amide bonds. The van der Waals surface area contributed by atoms with Crippen LogP contribution in [0.5, 0.6) is 0 Å². The van der Waals surface area contributed by atoms with Crippen LogP contribution in [0.15, 0.2) is 0 Å². The van der Waals surface area contributed by atoms with Crippen LogP contribution in [0.3, 0.4) is 0 Å². The van der Waals surface area contributed by atoms with Crippen LogP contribution in [-0.4, -0.2) is 25.8 Å². The predicted octanol–water partition coefficient (Wildman–Crippen LogP) is 3.61. The zero-order valence-corrected chi connectivity index (χ0v) is 12.3. The van der Waals surface area contributed by atoms with E-state index >= 15 is 0 Å². The minimum atomic E-state index is 0.720. The van der Waals surface area contributed by atoms with E-state index in [1.165, 1.54) is 51.5 Å². The first-order chi connectivity index (χ1) is 8.81. The Labute approximate surface area is 113 Å². The van der Waals surface area contributed by atoms with Gasteiger partial charge in [0.2, 0.25) is 0 Å². The monoisotopic (exact) mass is 253 g/mol. The van der Waals surface area contributed by atoms with Crippen molar-refractivity contribution in [3.05, 3.63) is 0 Å². The van der Waals surface area contributed by atoms with Crippen molar-refractivity contribution in [2.24, 2.45) is 17.8 Å². The molecule has 106 valence electrons.